The summed E-state index contributed by atoms with van der Waals surface area (Å²) in [7, 11) is 0. The average molecular weight is 467 g/mol. The van der Waals surface area contributed by atoms with Gasteiger partial charge in [-0.05, 0) is 41.0 Å². The first kappa shape index (κ1) is 25.3. The number of alkyl carbamates (subject to hydrolysis) is 1. The highest BCUT2D eigenvalue weighted by atomic mass is 16.5. The number of aliphatic carboxylic acids is 1. The van der Waals surface area contributed by atoms with Gasteiger partial charge in [-0.2, -0.15) is 0 Å². The van der Waals surface area contributed by atoms with Crippen LogP contribution in [0.3, 0.4) is 0 Å². The van der Waals surface area contributed by atoms with E-state index in [2.05, 4.69) is 34.9 Å². The molecule has 1 aliphatic carbocycles. The summed E-state index contributed by atoms with van der Waals surface area (Å²) in [4.78, 5) is 35.6. The first-order valence-corrected chi connectivity index (χ1v) is 12.0. The molecule has 2 aromatic rings. The van der Waals surface area contributed by atoms with Gasteiger partial charge in [0.25, 0.3) is 0 Å². The van der Waals surface area contributed by atoms with Crippen LogP contribution in [-0.2, 0) is 14.3 Å². The lowest BCUT2D eigenvalue weighted by Crippen LogP contribution is -2.34. The smallest absolute Gasteiger partial charge is 0.407 e. The normalized spacial score (nSPS) is 13.9. The molecule has 0 saturated heterocycles. The zero-order chi connectivity index (χ0) is 24.5. The number of rotatable bonds is 12. The number of carboxylic acids is 1. The first-order valence-electron chi connectivity index (χ1n) is 12.0. The Hall–Kier alpha value is -3.35. The van der Waals surface area contributed by atoms with Gasteiger partial charge in [0.15, 0.2) is 0 Å². The summed E-state index contributed by atoms with van der Waals surface area (Å²) in [6, 6.07) is 16.4. The van der Waals surface area contributed by atoms with E-state index in [1.54, 1.807) is 0 Å². The predicted octanol–water partition coefficient (Wildman–Crippen LogP) is 4.56. The van der Waals surface area contributed by atoms with E-state index in [1.807, 2.05) is 38.1 Å². The Labute approximate surface area is 200 Å². The van der Waals surface area contributed by atoms with Crippen LogP contribution in [0.2, 0.25) is 0 Å². The second-order valence-electron chi connectivity index (χ2n) is 8.98. The SMILES string of the molecule is CCCC(CNC(=O)CC(C)CCNC(=O)OCC1c2ccccc2-c2ccccc21)C(=O)O. The van der Waals surface area contributed by atoms with Crippen LogP contribution in [0.1, 0.15) is 56.6 Å². The molecule has 2 amide bonds. The molecule has 7 nitrogen and oxygen atoms in total. The van der Waals surface area contributed by atoms with E-state index in [-0.39, 0.29) is 37.3 Å². The Balaban J connectivity index is 1.38. The predicted molar refractivity (Wildman–Crippen MR) is 131 cm³/mol. The van der Waals surface area contributed by atoms with Gasteiger partial charge in [-0.15, -0.1) is 0 Å². The summed E-state index contributed by atoms with van der Waals surface area (Å²) in [6.07, 6.45) is 1.72. The summed E-state index contributed by atoms with van der Waals surface area (Å²) < 4.78 is 5.53. The lowest BCUT2D eigenvalue weighted by Gasteiger charge is -2.16. The molecule has 2 aromatic carbocycles. The van der Waals surface area contributed by atoms with Crippen molar-refractivity contribution < 1.29 is 24.2 Å². The van der Waals surface area contributed by atoms with Crippen LogP contribution in [-0.4, -0.2) is 42.8 Å². The zero-order valence-electron chi connectivity index (χ0n) is 19.9. The fourth-order valence-electron chi connectivity index (χ4n) is 4.46. The Bertz CT molecular complexity index is 961. The molecule has 0 spiro atoms. The molecule has 0 saturated carbocycles. The minimum Gasteiger partial charge on any atom is -0.481 e. The Morgan fingerprint density at radius 1 is 0.971 bits per heavy atom. The molecule has 2 unspecified atom stereocenters. The van der Waals surface area contributed by atoms with Crippen molar-refractivity contribution in [2.45, 2.75) is 45.4 Å². The fourth-order valence-corrected chi connectivity index (χ4v) is 4.46. The van der Waals surface area contributed by atoms with Gasteiger partial charge in [-0.25, -0.2) is 4.79 Å². The van der Waals surface area contributed by atoms with E-state index in [1.165, 1.54) is 22.3 Å². The van der Waals surface area contributed by atoms with Crippen LogP contribution in [0.4, 0.5) is 4.79 Å². The lowest BCUT2D eigenvalue weighted by molar-refractivity contribution is -0.141. The highest BCUT2D eigenvalue weighted by molar-refractivity contribution is 5.79. The van der Waals surface area contributed by atoms with Gasteiger partial charge in [0.05, 0.1) is 5.92 Å². The maximum atomic E-state index is 12.3. The quantitative estimate of drug-likeness (QED) is 0.425. The molecule has 0 fully saturated rings. The molecule has 0 bridgehead atoms. The molecule has 34 heavy (non-hydrogen) atoms. The average Bonchev–Trinajstić information content (AvgIpc) is 3.14. The van der Waals surface area contributed by atoms with Crippen LogP contribution >= 0.6 is 0 Å². The summed E-state index contributed by atoms with van der Waals surface area (Å²) in [5.41, 5.74) is 4.70. The van der Waals surface area contributed by atoms with E-state index in [0.29, 0.717) is 19.4 Å². The van der Waals surface area contributed by atoms with Crippen molar-refractivity contribution in [2.75, 3.05) is 19.7 Å². The van der Waals surface area contributed by atoms with Gasteiger partial charge in [-0.1, -0.05) is 68.8 Å². The maximum Gasteiger partial charge on any atom is 0.407 e. The number of amides is 2. The molecule has 0 aromatic heterocycles. The standard InChI is InChI=1S/C27H34N2O5/c1-3-8-19(26(31)32)16-29-25(30)15-18(2)13-14-28-27(33)34-17-24-22-11-6-4-9-20(22)21-10-5-7-12-23(21)24/h4-7,9-12,18-19,24H,3,8,13-17H2,1-2H3,(H,28,33)(H,29,30)(H,31,32). The van der Waals surface area contributed by atoms with Crippen LogP contribution < -0.4 is 10.6 Å². The molecule has 3 rings (SSSR count). The van der Waals surface area contributed by atoms with Crippen molar-refractivity contribution in [1.82, 2.24) is 10.6 Å². The van der Waals surface area contributed by atoms with Gasteiger partial charge in [0.2, 0.25) is 5.91 Å². The summed E-state index contributed by atoms with van der Waals surface area (Å²) in [5, 5.41) is 14.7. The number of carbonyl (C=O) groups excluding carboxylic acids is 2. The number of hydrogen-bond acceptors (Lipinski definition) is 4. The second kappa shape index (κ2) is 12.2. The molecule has 2 atom stereocenters. The van der Waals surface area contributed by atoms with Crippen LogP contribution in [0.5, 0.6) is 0 Å². The van der Waals surface area contributed by atoms with Crippen LogP contribution in [0.15, 0.2) is 48.5 Å². The molecular weight excluding hydrogens is 432 g/mol. The molecule has 0 heterocycles. The van der Waals surface area contributed by atoms with Crippen molar-refractivity contribution >= 4 is 18.0 Å². The molecule has 3 N–H and O–H groups in total. The van der Waals surface area contributed by atoms with Crippen molar-refractivity contribution in [1.29, 1.82) is 0 Å². The number of ether oxygens (including phenoxy) is 1. The minimum atomic E-state index is -0.887. The highest BCUT2D eigenvalue weighted by Gasteiger charge is 2.29. The largest absolute Gasteiger partial charge is 0.481 e. The minimum absolute atomic E-state index is 0.0168. The summed E-state index contributed by atoms with van der Waals surface area (Å²) >= 11 is 0. The lowest BCUT2D eigenvalue weighted by atomic mass is 9.98. The number of carboxylic acid groups (broad SMARTS) is 1. The molecule has 1 aliphatic rings. The maximum absolute atomic E-state index is 12.3. The van der Waals surface area contributed by atoms with Crippen molar-refractivity contribution in [3.8, 4) is 11.1 Å². The highest BCUT2D eigenvalue weighted by Crippen LogP contribution is 2.44. The second-order valence-corrected chi connectivity index (χ2v) is 8.98. The first-order chi connectivity index (χ1) is 16.4. The summed E-state index contributed by atoms with van der Waals surface area (Å²) in [5.74, 6) is -1.55. The van der Waals surface area contributed by atoms with Crippen LogP contribution in [0.25, 0.3) is 11.1 Å². The van der Waals surface area contributed by atoms with Gasteiger partial charge in [0.1, 0.15) is 6.61 Å². The Morgan fingerprint density at radius 3 is 2.18 bits per heavy atom. The zero-order valence-corrected chi connectivity index (χ0v) is 19.9. The number of benzene rings is 2. The Morgan fingerprint density at radius 2 is 1.59 bits per heavy atom. The van der Waals surface area contributed by atoms with Gasteiger partial charge in [-0.3, -0.25) is 9.59 Å². The van der Waals surface area contributed by atoms with Crippen molar-refractivity contribution in [2.24, 2.45) is 11.8 Å². The summed E-state index contributed by atoms with van der Waals surface area (Å²) in [6.45, 7) is 4.66. The van der Waals surface area contributed by atoms with E-state index in [9.17, 15) is 19.5 Å². The van der Waals surface area contributed by atoms with Gasteiger partial charge in [0, 0.05) is 25.4 Å². The monoisotopic (exact) mass is 466 g/mol. The molecule has 0 aliphatic heterocycles. The number of fused-ring (bicyclic) bond motifs is 3. The van der Waals surface area contributed by atoms with E-state index < -0.39 is 18.0 Å². The van der Waals surface area contributed by atoms with E-state index in [0.717, 1.165) is 6.42 Å². The van der Waals surface area contributed by atoms with Crippen molar-refractivity contribution in [3.05, 3.63) is 59.7 Å². The number of nitrogens with one attached hydrogen (secondary N) is 2. The third kappa shape index (κ3) is 6.59. The Kier molecular flexibility index (Phi) is 9.08. The topological polar surface area (TPSA) is 105 Å². The van der Waals surface area contributed by atoms with Crippen LogP contribution in [0, 0.1) is 11.8 Å². The molecular formula is C27H34N2O5. The number of carbonyl (C=O) groups is 3. The van der Waals surface area contributed by atoms with Gasteiger partial charge >= 0.3 is 12.1 Å². The molecule has 182 valence electrons. The number of hydrogen-bond donors (Lipinski definition) is 3. The molecule has 7 heteroatoms. The third-order valence-corrected chi connectivity index (χ3v) is 6.32. The fraction of sp³-hybridized carbons (Fsp3) is 0.444. The van der Waals surface area contributed by atoms with Crippen molar-refractivity contribution in [3.63, 3.8) is 0 Å². The van der Waals surface area contributed by atoms with E-state index >= 15 is 0 Å². The molecule has 0 radical (unpaired) electrons. The van der Waals surface area contributed by atoms with Gasteiger partial charge < -0.3 is 20.5 Å². The van der Waals surface area contributed by atoms with E-state index in [4.69, 9.17) is 4.74 Å². The third-order valence-electron chi connectivity index (χ3n) is 6.32.